The highest BCUT2D eigenvalue weighted by Gasteiger charge is 2.27. The Balaban J connectivity index is 1.84. The van der Waals surface area contributed by atoms with Gasteiger partial charge in [0.1, 0.15) is 5.57 Å². The van der Waals surface area contributed by atoms with Crippen molar-refractivity contribution in [2.24, 2.45) is 0 Å². The Bertz CT molecular complexity index is 592. The molecule has 0 fully saturated rings. The first-order valence-electron chi connectivity index (χ1n) is 5.64. The Kier molecular flexibility index (Phi) is 2.94. The number of allylic oxidation sites excluding steroid dienone is 2. The Labute approximate surface area is 110 Å². The number of benzene rings is 1. The number of hydrogen-bond acceptors (Lipinski definition) is 0. The van der Waals surface area contributed by atoms with Crippen molar-refractivity contribution in [3.8, 4) is 0 Å². The molecule has 0 saturated heterocycles. The molecule has 0 bridgehead atoms. The summed E-state index contributed by atoms with van der Waals surface area (Å²) >= 11 is 7.91. The predicted molar refractivity (Wildman–Crippen MR) is 74.9 cm³/mol. The van der Waals surface area contributed by atoms with Gasteiger partial charge in [-0.1, -0.05) is 29.8 Å². The van der Waals surface area contributed by atoms with Crippen LogP contribution in [0, 0.1) is 0 Å². The second-order valence-corrected chi connectivity index (χ2v) is 5.52. The molecule has 0 atom stereocenters. The van der Waals surface area contributed by atoms with Crippen molar-refractivity contribution in [1.29, 1.82) is 0 Å². The number of halogens is 1. The molecule has 3 heteroatoms. The van der Waals surface area contributed by atoms with Crippen LogP contribution < -0.4 is 0 Å². The van der Waals surface area contributed by atoms with Crippen molar-refractivity contribution in [3.63, 3.8) is 0 Å². The third-order valence-corrected chi connectivity index (χ3v) is 4.29. The van der Waals surface area contributed by atoms with Gasteiger partial charge in [0, 0.05) is 5.56 Å². The van der Waals surface area contributed by atoms with Crippen LogP contribution in [0.25, 0.3) is 0 Å². The van der Waals surface area contributed by atoms with Crippen molar-refractivity contribution in [3.05, 3.63) is 51.4 Å². The first-order chi connectivity index (χ1) is 8.33. The highest BCUT2D eigenvalue weighted by Crippen LogP contribution is 2.19. The summed E-state index contributed by atoms with van der Waals surface area (Å²) in [6.45, 7) is 1.95. The zero-order valence-electron chi connectivity index (χ0n) is 9.32. The average molecular weight is 262 g/mol. The van der Waals surface area contributed by atoms with Crippen molar-refractivity contribution in [1.82, 2.24) is 0 Å². The van der Waals surface area contributed by atoms with E-state index in [0.29, 0.717) is 0 Å². The smallest absolute Gasteiger partial charge is 0.230 e. The van der Waals surface area contributed by atoms with E-state index in [0.717, 1.165) is 24.5 Å². The largest absolute Gasteiger partial charge is 0.276 e. The van der Waals surface area contributed by atoms with Gasteiger partial charge in [0.25, 0.3) is 11.4 Å². The molecule has 0 spiro atoms. The molecule has 0 amide bonds. The maximum Gasteiger partial charge on any atom is 0.276 e. The number of nitrogens with zero attached hydrogens (tertiary/aromatic N) is 1. The van der Waals surface area contributed by atoms with Crippen molar-refractivity contribution in [2.45, 2.75) is 13.0 Å². The summed E-state index contributed by atoms with van der Waals surface area (Å²) in [7, 11) is 0. The Morgan fingerprint density at radius 1 is 1.35 bits per heavy atom. The van der Waals surface area contributed by atoms with E-state index >= 15 is 0 Å². The maximum absolute atomic E-state index is 6.18. The van der Waals surface area contributed by atoms with E-state index in [9.17, 15) is 0 Å². The minimum absolute atomic E-state index is 0.851. The van der Waals surface area contributed by atoms with Crippen molar-refractivity contribution in [2.75, 3.05) is 6.54 Å². The van der Waals surface area contributed by atoms with E-state index in [1.165, 1.54) is 16.0 Å². The fraction of sp³-hybridized carbons (Fsp3) is 0.214. The molecule has 2 aliphatic heterocycles. The fourth-order valence-corrected chi connectivity index (χ4v) is 3.03. The second kappa shape index (κ2) is 4.58. The SMILES string of the molecule is Clc1ccccc1C[N+]1=CC2=C(CC1)[S+]=C=C2. The lowest BCUT2D eigenvalue weighted by Gasteiger charge is -2.07. The molecule has 84 valence electrons. The minimum Gasteiger partial charge on any atom is -0.230 e. The van der Waals surface area contributed by atoms with Crippen LogP contribution in [-0.4, -0.2) is 22.4 Å². The molecule has 0 unspecified atom stereocenters. The van der Waals surface area contributed by atoms with Crippen LogP contribution >= 0.6 is 11.6 Å². The van der Waals surface area contributed by atoms with Crippen LogP contribution in [0.5, 0.6) is 0 Å². The Morgan fingerprint density at radius 3 is 3.12 bits per heavy atom. The zero-order valence-corrected chi connectivity index (χ0v) is 10.9. The highest BCUT2D eigenvalue weighted by atomic mass is 35.5. The van der Waals surface area contributed by atoms with Crippen molar-refractivity contribution < 1.29 is 4.58 Å². The molecule has 0 N–H and O–H groups in total. The molecule has 1 nitrogen and oxygen atoms in total. The van der Waals surface area contributed by atoms with E-state index < -0.39 is 0 Å². The average Bonchev–Trinajstić information content (AvgIpc) is 2.79. The van der Waals surface area contributed by atoms with Crippen LogP contribution in [0.4, 0.5) is 0 Å². The maximum atomic E-state index is 6.18. The standard InChI is InChI=1S/C14H12ClNS/c15-13-4-2-1-3-11(13)9-16-7-5-14-12(10-16)6-8-17-14/h1-4,6,10H,5,7,9H2/q+2. The molecule has 1 aromatic rings. The van der Waals surface area contributed by atoms with E-state index in [1.54, 1.807) is 11.4 Å². The first-order valence-corrected chi connectivity index (χ1v) is 6.83. The zero-order chi connectivity index (χ0) is 11.7. The summed E-state index contributed by atoms with van der Waals surface area (Å²) in [6, 6.07) is 8.04. The van der Waals surface area contributed by atoms with Gasteiger partial charge in [0.2, 0.25) is 4.91 Å². The summed E-state index contributed by atoms with van der Waals surface area (Å²) in [5, 5.41) is 4.04. The Morgan fingerprint density at radius 2 is 2.24 bits per heavy atom. The number of hydrogen-bond donors (Lipinski definition) is 0. The van der Waals surface area contributed by atoms with Gasteiger partial charge < -0.3 is 0 Å². The quantitative estimate of drug-likeness (QED) is 0.437. The molecule has 17 heavy (non-hydrogen) atoms. The first kappa shape index (κ1) is 10.9. The molecule has 1 aromatic carbocycles. The Hall–Kier alpha value is -1.21. The summed E-state index contributed by atoms with van der Waals surface area (Å²) < 4.78 is 2.32. The lowest BCUT2D eigenvalue weighted by molar-refractivity contribution is -0.539. The molecule has 2 aliphatic rings. The molecule has 3 rings (SSSR count). The van der Waals surface area contributed by atoms with Gasteiger partial charge >= 0.3 is 0 Å². The van der Waals surface area contributed by atoms with E-state index in [1.807, 2.05) is 18.2 Å². The molecule has 0 aliphatic carbocycles. The predicted octanol–water partition coefficient (Wildman–Crippen LogP) is 2.63. The van der Waals surface area contributed by atoms with Gasteiger partial charge in [-0.05, 0) is 6.07 Å². The molecular weight excluding hydrogens is 250 g/mol. The molecule has 0 radical (unpaired) electrons. The van der Waals surface area contributed by atoms with E-state index in [4.69, 9.17) is 11.6 Å². The topological polar surface area (TPSA) is 3.01 Å². The van der Waals surface area contributed by atoms with Crippen LogP contribution in [0.1, 0.15) is 12.0 Å². The highest BCUT2D eigenvalue weighted by molar-refractivity contribution is 7.81. The van der Waals surface area contributed by atoms with Gasteiger partial charge in [-0.15, -0.1) is 0 Å². The third-order valence-electron chi connectivity index (χ3n) is 3.00. The number of rotatable bonds is 2. The van der Waals surface area contributed by atoms with Gasteiger partial charge in [-0.2, -0.15) is 0 Å². The molecule has 2 heterocycles. The van der Waals surface area contributed by atoms with Gasteiger partial charge in [-0.3, -0.25) is 0 Å². The summed E-state index contributed by atoms with van der Waals surface area (Å²) in [5.74, 6) is 0. The summed E-state index contributed by atoms with van der Waals surface area (Å²) in [6.07, 6.45) is 5.40. The lowest BCUT2D eigenvalue weighted by atomic mass is 10.1. The van der Waals surface area contributed by atoms with E-state index in [2.05, 4.69) is 28.0 Å². The van der Waals surface area contributed by atoms with E-state index in [-0.39, 0.29) is 0 Å². The van der Waals surface area contributed by atoms with Crippen LogP contribution in [0.3, 0.4) is 0 Å². The van der Waals surface area contributed by atoms with Crippen LogP contribution in [0.2, 0.25) is 5.02 Å². The van der Waals surface area contributed by atoms with Crippen LogP contribution in [0.15, 0.2) is 40.8 Å². The van der Waals surface area contributed by atoms with Gasteiger partial charge in [0.05, 0.1) is 17.5 Å². The molecule has 0 saturated carbocycles. The second-order valence-electron chi connectivity index (χ2n) is 4.18. The lowest BCUT2D eigenvalue weighted by Crippen LogP contribution is -2.20. The van der Waals surface area contributed by atoms with Crippen LogP contribution in [-0.2, 0) is 17.9 Å². The monoisotopic (exact) mass is 261 g/mol. The molecular formula is C14H12ClNS+2. The third kappa shape index (κ3) is 2.25. The van der Waals surface area contributed by atoms with Gasteiger partial charge in [-0.25, -0.2) is 4.58 Å². The molecule has 0 aromatic heterocycles. The summed E-state index contributed by atoms with van der Waals surface area (Å²) in [4.78, 5) is 1.44. The van der Waals surface area contributed by atoms with Crippen molar-refractivity contribution >= 4 is 34.2 Å². The summed E-state index contributed by atoms with van der Waals surface area (Å²) in [5.41, 5.74) is 2.50. The van der Waals surface area contributed by atoms with Gasteiger partial charge in [0.15, 0.2) is 24.3 Å². The minimum atomic E-state index is 0.851. The normalized spacial score (nSPS) is 17.4. The fourth-order valence-electron chi connectivity index (χ4n) is 2.08.